The lowest BCUT2D eigenvalue weighted by atomic mass is 9.55. The van der Waals surface area contributed by atoms with Gasteiger partial charge in [-0.05, 0) is 130 Å². The van der Waals surface area contributed by atoms with Gasteiger partial charge in [0.2, 0.25) is 5.79 Å². The first kappa shape index (κ1) is 45.0. The number of aliphatic hydroxyl groups is 2. The van der Waals surface area contributed by atoms with Crippen molar-refractivity contribution in [1.29, 1.82) is 0 Å². The fourth-order valence-electron chi connectivity index (χ4n) is 9.90. The van der Waals surface area contributed by atoms with Crippen LogP contribution in [0.3, 0.4) is 0 Å². The molecule has 7 rings (SSSR count). The number of nitrogens with zero attached hydrogens (tertiary/aromatic N) is 3. The third kappa shape index (κ3) is 9.78. The largest absolute Gasteiger partial charge is 0.487 e. The molecule has 1 aromatic heterocycles. The number of allylic oxidation sites excluding steroid dienone is 1. The highest BCUT2D eigenvalue weighted by Crippen LogP contribution is 2.62. The molecule has 6 atom stereocenters. The highest BCUT2D eigenvalue weighted by molar-refractivity contribution is 6.04. The highest BCUT2D eigenvalue weighted by atomic mass is 16.7. The maximum atomic E-state index is 15.2. The van der Waals surface area contributed by atoms with Crippen molar-refractivity contribution >= 4 is 22.4 Å². The molecule has 1 saturated carbocycles. The minimum Gasteiger partial charge on any atom is -0.487 e. The number of fused-ring (bicyclic) bond motifs is 3. The van der Waals surface area contributed by atoms with Crippen molar-refractivity contribution in [2.45, 2.75) is 116 Å². The average molecular weight is 844 g/mol. The Labute approximate surface area is 367 Å². The molecule has 0 bridgehead atoms. The molecule has 62 heavy (non-hydrogen) atoms. The number of aromatic nitrogens is 1. The lowest BCUT2D eigenvalue weighted by molar-refractivity contribution is -0.254. The number of carbonyl (C=O) groups excluding carboxylic acids is 1. The monoisotopic (exact) mass is 843 g/mol. The Hall–Kier alpha value is -5.03. The van der Waals surface area contributed by atoms with Gasteiger partial charge in [-0.3, -0.25) is 9.78 Å². The van der Waals surface area contributed by atoms with Gasteiger partial charge in [0.15, 0.2) is 0 Å². The summed E-state index contributed by atoms with van der Waals surface area (Å²) in [6.07, 6.45) is 9.94. The molecular weight excluding hydrogens is 779 g/mol. The molecule has 2 aliphatic carbocycles. The van der Waals surface area contributed by atoms with Gasteiger partial charge in [-0.15, -0.1) is 6.58 Å². The van der Waals surface area contributed by atoms with Gasteiger partial charge in [0.05, 0.1) is 23.9 Å². The van der Waals surface area contributed by atoms with E-state index in [-0.39, 0.29) is 43.5 Å². The van der Waals surface area contributed by atoms with Crippen LogP contribution in [0, 0.1) is 24.7 Å². The molecule has 1 fully saturated rings. The number of aryl methyl sites for hydroxylation is 1. The van der Waals surface area contributed by atoms with Gasteiger partial charge in [-0.2, -0.15) is 0 Å². The zero-order valence-electron chi connectivity index (χ0n) is 37.2. The first-order valence-corrected chi connectivity index (χ1v) is 22.6. The Morgan fingerprint density at radius 1 is 0.984 bits per heavy atom. The SMILES string of the molecule is C=CCOC12Oc3ccc(OCc4cccc(C)n4)cc3C3C(CCCCO)C(CCCCO)C=C(C(=NOC(C)(C)C)CC1N(CCC)C(=O)c1ccc4ccccc4c1)C32. The second kappa shape index (κ2) is 20.0. The number of benzene rings is 3. The summed E-state index contributed by atoms with van der Waals surface area (Å²) in [5.41, 5.74) is 4.57. The van der Waals surface area contributed by atoms with Gasteiger partial charge < -0.3 is 34.2 Å². The molecule has 0 radical (unpaired) electrons. The zero-order chi connectivity index (χ0) is 43.9. The van der Waals surface area contributed by atoms with Crippen molar-refractivity contribution < 1.29 is 34.1 Å². The summed E-state index contributed by atoms with van der Waals surface area (Å²) >= 11 is 0. The van der Waals surface area contributed by atoms with Gasteiger partial charge in [0, 0.05) is 48.9 Å². The molecule has 10 nitrogen and oxygen atoms in total. The maximum Gasteiger partial charge on any atom is 0.254 e. The Kier molecular flexibility index (Phi) is 14.5. The first-order valence-electron chi connectivity index (χ1n) is 22.6. The van der Waals surface area contributed by atoms with Gasteiger partial charge in [0.25, 0.3) is 5.91 Å². The summed E-state index contributed by atoms with van der Waals surface area (Å²) in [4.78, 5) is 28.2. The fourth-order valence-corrected chi connectivity index (χ4v) is 9.90. The number of unbranched alkanes of at least 4 members (excludes halogenated alkanes) is 2. The highest BCUT2D eigenvalue weighted by Gasteiger charge is 2.65. The number of ether oxygens (including phenoxy) is 3. The Bertz CT molecular complexity index is 2250. The Balaban J connectivity index is 1.44. The van der Waals surface area contributed by atoms with E-state index in [2.05, 4.69) is 36.7 Å². The van der Waals surface area contributed by atoms with E-state index in [1.165, 1.54) is 0 Å². The van der Waals surface area contributed by atoms with E-state index in [1.807, 2.05) is 99.3 Å². The molecule has 330 valence electrons. The lowest BCUT2D eigenvalue weighted by Crippen LogP contribution is -2.70. The van der Waals surface area contributed by atoms with Crippen molar-refractivity contribution in [1.82, 2.24) is 9.88 Å². The van der Waals surface area contributed by atoms with Crippen molar-refractivity contribution in [2.75, 3.05) is 26.4 Å². The van der Waals surface area contributed by atoms with E-state index < -0.39 is 23.3 Å². The number of hydrogen-bond donors (Lipinski definition) is 2. The number of pyridine rings is 1. The summed E-state index contributed by atoms with van der Waals surface area (Å²) in [7, 11) is 0. The van der Waals surface area contributed by atoms with Gasteiger partial charge in [0.1, 0.15) is 29.7 Å². The molecule has 1 aliphatic heterocycles. The molecule has 0 saturated heterocycles. The van der Waals surface area contributed by atoms with Gasteiger partial charge >= 0.3 is 0 Å². The Morgan fingerprint density at radius 2 is 1.76 bits per heavy atom. The van der Waals surface area contributed by atoms with Crippen LogP contribution in [-0.2, 0) is 16.2 Å². The van der Waals surface area contributed by atoms with E-state index in [0.29, 0.717) is 55.9 Å². The molecule has 2 heterocycles. The molecular formula is C52H65N3O7. The van der Waals surface area contributed by atoms with E-state index >= 15 is 4.79 Å². The molecule has 6 unspecified atom stereocenters. The van der Waals surface area contributed by atoms with Crippen molar-refractivity contribution in [2.24, 2.45) is 22.9 Å². The van der Waals surface area contributed by atoms with Crippen LogP contribution in [0.25, 0.3) is 10.8 Å². The third-order valence-corrected chi connectivity index (χ3v) is 12.5. The van der Waals surface area contributed by atoms with Crippen LogP contribution in [0.2, 0.25) is 0 Å². The van der Waals surface area contributed by atoms with E-state index in [9.17, 15) is 10.2 Å². The molecule has 3 aliphatic rings. The minimum absolute atomic E-state index is 0.0939. The van der Waals surface area contributed by atoms with Gasteiger partial charge in [-0.25, -0.2) is 0 Å². The predicted octanol–water partition coefficient (Wildman–Crippen LogP) is 10.1. The predicted molar refractivity (Wildman–Crippen MR) is 244 cm³/mol. The second-order valence-corrected chi connectivity index (χ2v) is 18.1. The summed E-state index contributed by atoms with van der Waals surface area (Å²) in [5.74, 6) is -0.438. The van der Waals surface area contributed by atoms with Crippen molar-refractivity contribution in [3.05, 3.63) is 126 Å². The lowest BCUT2D eigenvalue weighted by Gasteiger charge is -2.60. The smallest absolute Gasteiger partial charge is 0.254 e. The number of hydrogen-bond acceptors (Lipinski definition) is 9. The Morgan fingerprint density at radius 3 is 2.48 bits per heavy atom. The fraction of sp³-hybridized carbons (Fsp3) is 0.481. The molecule has 10 heteroatoms. The van der Waals surface area contributed by atoms with Crippen LogP contribution in [0.15, 0.2) is 108 Å². The number of carbonyl (C=O) groups is 1. The summed E-state index contributed by atoms with van der Waals surface area (Å²) in [5, 5.41) is 27.0. The number of rotatable bonds is 19. The molecule has 1 amide bonds. The normalized spacial score (nSPS) is 23.5. The van der Waals surface area contributed by atoms with Crippen LogP contribution < -0.4 is 9.47 Å². The van der Waals surface area contributed by atoms with E-state index in [1.54, 1.807) is 6.08 Å². The van der Waals surface area contributed by atoms with Crippen molar-refractivity contribution in [3.8, 4) is 11.5 Å². The standard InChI is InChI=1S/C52H65N3O7/c1-7-26-55(50(58)39-23-22-36-17-9-10-18-37(36)30-39)47-33-45(54-62-51(4,5)6)43-31-38(19-11-13-27-56)42(21-12-14-28-57)48-44-32-41(59-34-40-20-15-16-35(3)53-40)24-25-46(44)61-52(47,49(43)48)60-29-8-2/h8-10,15-18,20,22-25,30-32,38,42,47-49,56-57H,2,7,11-14,19,21,26-29,33-34H2,1,3-6H3. The van der Waals surface area contributed by atoms with Crippen LogP contribution in [0.5, 0.6) is 11.5 Å². The summed E-state index contributed by atoms with van der Waals surface area (Å²) < 4.78 is 21.1. The third-order valence-electron chi connectivity index (χ3n) is 12.5. The van der Waals surface area contributed by atoms with Crippen LogP contribution in [0.4, 0.5) is 0 Å². The average Bonchev–Trinajstić information content (AvgIpc) is 3.26. The van der Waals surface area contributed by atoms with Crippen molar-refractivity contribution in [3.63, 3.8) is 0 Å². The van der Waals surface area contributed by atoms with Crippen LogP contribution in [0.1, 0.15) is 112 Å². The van der Waals surface area contributed by atoms with E-state index in [0.717, 1.165) is 64.7 Å². The number of amides is 1. The maximum absolute atomic E-state index is 15.2. The molecule has 4 aromatic rings. The topological polar surface area (TPSA) is 123 Å². The zero-order valence-corrected chi connectivity index (χ0v) is 37.2. The molecule has 0 spiro atoms. The summed E-state index contributed by atoms with van der Waals surface area (Å²) in [6, 6.07) is 25.4. The quantitative estimate of drug-likeness (QED) is 0.0544. The minimum atomic E-state index is -1.35. The second-order valence-electron chi connectivity index (χ2n) is 18.1. The molecule has 3 aromatic carbocycles. The number of oxime groups is 1. The van der Waals surface area contributed by atoms with Crippen LogP contribution in [-0.4, -0.2) is 75.5 Å². The van der Waals surface area contributed by atoms with Crippen LogP contribution >= 0.6 is 0 Å². The molecule has 2 N–H and O–H groups in total. The summed E-state index contributed by atoms with van der Waals surface area (Å²) in [6.45, 7) is 15.3. The van der Waals surface area contributed by atoms with E-state index in [4.69, 9.17) is 24.2 Å². The van der Waals surface area contributed by atoms with Gasteiger partial charge in [-0.1, -0.05) is 73.5 Å². The first-order chi connectivity index (χ1) is 30.0. The number of aliphatic hydroxyl groups excluding tert-OH is 2.